The molecule has 1 aliphatic heterocycles. The molecule has 0 aliphatic carbocycles. The van der Waals surface area contributed by atoms with Crippen LogP contribution in [0.15, 0.2) is 41.1 Å². The third kappa shape index (κ3) is 3.63. The Hall–Kier alpha value is -3.49. The topological polar surface area (TPSA) is 113 Å². The zero-order valence-electron chi connectivity index (χ0n) is 15.8. The highest BCUT2D eigenvalue weighted by Crippen LogP contribution is 2.27. The van der Waals surface area contributed by atoms with E-state index < -0.39 is 0 Å². The number of pyridine rings is 2. The predicted octanol–water partition coefficient (Wildman–Crippen LogP) is 2.42. The summed E-state index contributed by atoms with van der Waals surface area (Å²) in [4.78, 5) is 27.5. The minimum Gasteiger partial charge on any atom is -0.422 e. The molecule has 0 aromatic carbocycles. The van der Waals surface area contributed by atoms with Gasteiger partial charge in [0.25, 0.3) is 6.01 Å². The fraction of sp³-hybridized carbons (Fsp3) is 0.350. The van der Waals surface area contributed by atoms with Crippen LogP contribution in [-0.2, 0) is 11.3 Å². The number of fused-ring (bicyclic) bond motifs is 2. The molecule has 0 saturated carbocycles. The molecule has 9 nitrogen and oxygen atoms in total. The second-order valence-corrected chi connectivity index (χ2v) is 7.33. The van der Waals surface area contributed by atoms with Crippen LogP contribution in [0.25, 0.3) is 22.3 Å². The number of H-pyrrole nitrogens is 1. The number of nitrogens with one attached hydrogen (secondary N) is 2. The molecule has 0 radical (unpaired) electrons. The van der Waals surface area contributed by atoms with Crippen molar-refractivity contribution in [2.45, 2.75) is 25.8 Å². The number of carbonyl (C=O) groups excluding carboxylic acids is 1. The van der Waals surface area contributed by atoms with Crippen molar-refractivity contribution in [2.24, 2.45) is 5.92 Å². The Kier molecular flexibility index (Phi) is 4.55. The maximum absolute atomic E-state index is 12.5. The Balaban J connectivity index is 1.19. The van der Waals surface area contributed by atoms with E-state index in [4.69, 9.17) is 4.42 Å². The van der Waals surface area contributed by atoms with E-state index in [1.807, 2.05) is 24.3 Å². The molecule has 1 saturated heterocycles. The number of oxazole rings is 1. The van der Waals surface area contributed by atoms with Gasteiger partial charge in [-0.05, 0) is 43.0 Å². The Morgan fingerprint density at radius 1 is 1.24 bits per heavy atom. The molecule has 1 atom stereocenters. The third-order valence-electron chi connectivity index (χ3n) is 5.29. The van der Waals surface area contributed by atoms with E-state index in [1.54, 1.807) is 12.4 Å². The number of rotatable bonds is 5. The van der Waals surface area contributed by atoms with Crippen LogP contribution >= 0.6 is 0 Å². The molecule has 9 heteroatoms. The lowest BCUT2D eigenvalue weighted by atomic mass is 9.94. The van der Waals surface area contributed by atoms with Gasteiger partial charge in [-0.15, -0.1) is 0 Å². The molecular weight excluding hydrogens is 370 g/mol. The summed E-state index contributed by atoms with van der Waals surface area (Å²) in [6.45, 7) is 2.03. The lowest BCUT2D eigenvalue weighted by Gasteiger charge is -2.31. The van der Waals surface area contributed by atoms with Gasteiger partial charge in [0.1, 0.15) is 0 Å². The van der Waals surface area contributed by atoms with Gasteiger partial charge in [0.05, 0.1) is 12.2 Å². The van der Waals surface area contributed by atoms with Gasteiger partial charge in [0.15, 0.2) is 11.2 Å². The molecule has 148 valence electrons. The average Bonchev–Trinajstić information content (AvgIpc) is 3.37. The molecule has 5 heterocycles. The summed E-state index contributed by atoms with van der Waals surface area (Å²) in [6.07, 6.45) is 5.89. The van der Waals surface area contributed by atoms with Crippen molar-refractivity contribution >= 4 is 34.2 Å². The molecule has 2 N–H and O–H groups in total. The number of aromatic amines is 1. The van der Waals surface area contributed by atoms with Gasteiger partial charge < -0.3 is 14.6 Å². The summed E-state index contributed by atoms with van der Waals surface area (Å²) < 4.78 is 5.83. The molecule has 0 bridgehead atoms. The van der Waals surface area contributed by atoms with Crippen LogP contribution in [0.5, 0.6) is 0 Å². The summed E-state index contributed by atoms with van der Waals surface area (Å²) in [5.74, 6) is 0.287. The van der Waals surface area contributed by atoms with Crippen molar-refractivity contribution in [1.82, 2.24) is 30.5 Å². The Morgan fingerprint density at radius 3 is 3.00 bits per heavy atom. The average molecular weight is 391 g/mol. The van der Waals surface area contributed by atoms with Gasteiger partial charge in [0, 0.05) is 37.3 Å². The largest absolute Gasteiger partial charge is 0.422 e. The minimum absolute atomic E-state index is 0.0303. The zero-order chi connectivity index (χ0) is 19.6. The second-order valence-electron chi connectivity index (χ2n) is 7.33. The Labute approximate surface area is 166 Å². The molecule has 0 spiro atoms. The number of hydrogen-bond acceptors (Lipinski definition) is 7. The van der Waals surface area contributed by atoms with E-state index in [1.165, 1.54) is 0 Å². The highest BCUT2D eigenvalue weighted by atomic mass is 16.4. The van der Waals surface area contributed by atoms with Gasteiger partial charge in [-0.2, -0.15) is 10.1 Å². The molecule has 1 amide bonds. The van der Waals surface area contributed by atoms with E-state index in [9.17, 15) is 4.79 Å². The highest BCUT2D eigenvalue weighted by molar-refractivity contribution is 5.79. The quantitative estimate of drug-likeness (QED) is 0.537. The van der Waals surface area contributed by atoms with Crippen LogP contribution in [0.4, 0.5) is 6.01 Å². The molecular formula is C20H21N7O2. The second kappa shape index (κ2) is 7.50. The van der Waals surface area contributed by atoms with Crippen molar-refractivity contribution in [3.05, 3.63) is 42.4 Å². The van der Waals surface area contributed by atoms with Crippen molar-refractivity contribution in [3.63, 3.8) is 0 Å². The highest BCUT2D eigenvalue weighted by Gasteiger charge is 2.25. The standard InChI is InChI=1S/C20H21N7O2/c28-17(23-11-15-14-5-1-7-21-18(14)26-25-15)10-13-4-3-9-27(12-13)20-24-19-16(29-20)6-2-8-22-19/h1-2,5-8,13H,3-4,9-12H2,(H,23,28)(H,21,25,26). The zero-order valence-corrected chi connectivity index (χ0v) is 15.8. The lowest BCUT2D eigenvalue weighted by molar-refractivity contribution is -0.122. The summed E-state index contributed by atoms with van der Waals surface area (Å²) in [6, 6.07) is 8.09. The predicted molar refractivity (Wildman–Crippen MR) is 107 cm³/mol. The maximum atomic E-state index is 12.5. The van der Waals surface area contributed by atoms with Gasteiger partial charge in [-0.25, -0.2) is 9.97 Å². The Bertz CT molecular complexity index is 1120. The summed E-state index contributed by atoms with van der Waals surface area (Å²) in [5.41, 5.74) is 2.82. The number of carbonyl (C=O) groups is 1. The fourth-order valence-corrected chi connectivity index (χ4v) is 3.86. The van der Waals surface area contributed by atoms with E-state index >= 15 is 0 Å². The monoisotopic (exact) mass is 391 g/mol. The van der Waals surface area contributed by atoms with E-state index in [2.05, 4.69) is 35.4 Å². The van der Waals surface area contributed by atoms with Crippen molar-refractivity contribution in [1.29, 1.82) is 0 Å². The van der Waals surface area contributed by atoms with Gasteiger partial charge >= 0.3 is 0 Å². The van der Waals surface area contributed by atoms with Crippen LogP contribution < -0.4 is 10.2 Å². The summed E-state index contributed by atoms with van der Waals surface area (Å²) >= 11 is 0. The van der Waals surface area contributed by atoms with Gasteiger partial charge in [0.2, 0.25) is 11.6 Å². The van der Waals surface area contributed by atoms with Crippen molar-refractivity contribution in [2.75, 3.05) is 18.0 Å². The number of hydrogen-bond donors (Lipinski definition) is 2. The maximum Gasteiger partial charge on any atom is 0.299 e. The minimum atomic E-state index is 0.0303. The summed E-state index contributed by atoms with van der Waals surface area (Å²) in [5, 5.41) is 11.0. The first-order valence-corrected chi connectivity index (χ1v) is 9.77. The molecule has 4 aromatic heterocycles. The molecule has 1 fully saturated rings. The van der Waals surface area contributed by atoms with Crippen LogP contribution in [-0.4, -0.2) is 44.1 Å². The first-order chi connectivity index (χ1) is 14.3. The molecule has 1 unspecified atom stereocenters. The molecule has 4 aromatic rings. The van der Waals surface area contributed by atoms with Crippen molar-refractivity contribution < 1.29 is 9.21 Å². The Morgan fingerprint density at radius 2 is 2.10 bits per heavy atom. The number of nitrogens with zero attached hydrogens (tertiary/aromatic N) is 5. The SMILES string of the molecule is O=C(CC1CCCN(c2nc3ncccc3o2)C1)NCc1[nH]nc2ncccc12. The first-order valence-electron chi connectivity index (χ1n) is 9.77. The molecule has 1 aliphatic rings. The van der Waals surface area contributed by atoms with E-state index in [0.29, 0.717) is 35.9 Å². The van der Waals surface area contributed by atoms with E-state index in [-0.39, 0.29) is 11.8 Å². The molecule has 5 rings (SSSR count). The third-order valence-corrected chi connectivity index (χ3v) is 5.29. The number of aromatic nitrogens is 5. The van der Waals surface area contributed by atoms with E-state index in [0.717, 1.165) is 37.0 Å². The first kappa shape index (κ1) is 17.6. The lowest BCUT2D eigenvalue weighted by Crippen LogP contribution is -2.38. The molecule has 29 heavy (non-hydrogen) atoms. The number of anilines is 1. The number of piperidine rings is 1. The van der Waals surface area contributed by atoms with Crippen LogP contribution in [0.1, 0.15) is 25.0 Å². The summed E-state index contributed by atoms with van der Waals surface area (Å²) in [7, 11) is 0. The van der Waals surface area contributed by atoms with Crippen molar-refractivity contribution in [3.8, 4) is 0 Å². The van der Waals surface area contributed by atoms with Crippen LogP contribution in [0.2, 0.25) is 0 Å². The fourth-order valence-electron chi connectivity index (χ4n) is 3.86. The van der Waals surface area contributed by atoms with Crippen LogP contribution in [0.3, 0.4) is 0 Å². The van der Waals surface area contributed by atoms with Gasteiger partial charge in [-0.3, -0.25) is 9.89 Å². The van der Waals surface area contributed by atoms with Gasteiger partial charge in [-0.1, -0.05) is 0 Å². The normalized spacial score (nSPS) is 17.1. The smallest absolute Gasteiger partial charge is 0.299 e. The van der Waals surface area contributed by atoms with Crippen LogP contribution in [0, 0.1) is 5.92 Å². The number of amides is 1.